The second kappa shape index (κ2) is 7.20. The van der Waals surface area contributed by atoms with Crippen molar-refractivity contribution in [3.8, 4) is 0 Å². The van der Waals surface area contributed by atoms with Gasteiger partial charge in [-0.15, -0.1) is 0 Å². The Balaban J connectivity index is 3.06. The molecule has 0 N–H and O–H groups in total. The van der Waals surface area contributed by atoms with Crippen LogP contribution < -0.4 is 0 Å². The summed E-state index contributed by atoms with van der Waals surface area (Å²) in [6.07, 6.45) is 9.23. The number of aliphatic imine (C=N–C) groups is 1. The third-order valence-corrected chi connectivity index (χ3v) is 2.96. The number of benzene rings is 1. The average Bonchev–Trinajstić information content (AvgIpc) is 2.32. The smallest absolute Gasteiger partial charge is 0.0819 e. The number of nitrogens with zero attached hydrogens (tertiary/aromatic N) is 1. The molecule has 0 fully saturated rings. The Kier molecular flexibility index (Phi) is 5.90. The molecule has 0 amide bonds. The third-order valence-electron chi connectivity index (χ3n) is 2.25. The maximum absolute atomic E-state index is 6.08. The summed E-state index contributed by atoms with van der Waals surface area (Å²) >= 11 is 12.1. The van der Waals surface area contributed by atoms with Crippen LogP contribution in [0, 0.1) is 6.92 Å². The summed E-state index contributed by atoms with van der Waals surface area (Å²) in [6, 6.07) is 3.57. The van der Waals surface area contributed by atoms with Gasteiger partial charge >= 0.3 is 0 Å². The molecule has 0 saturated carbocycles. The molecule has 1 aromatic rings. The summed E-state index contributed by atoms with van der Waals surface area (Å²) in [5.41, 5.74) is 2.61. The molecule has 3 heteroatoms. The van der Waals surface area contributed by atoms with Gasteiger partial charge in [0.05, 0.1) is 10.7 Å². The predicted octanol–water partition coefficient (Wildman–Crippen LogP) is 5.69. The molecule has 0 spiro atoms. The first-order valence-corrected chi connectivity index (χ1v) is 6.29. The van der Waals surface area contributed by atoms with Gasteiger partial charge in [0.25, 0.3) is 0 Å². The minimum atomic E-state index is 0.542. The quantitative estimate of drug-likeness (QED) is 0.496. The normalized spacial score (nSPS) is 12.6. The standard InChI is InChI=1S/C15H15Cl2N/c1-4-6-12(7-5-2)10-18-15-8-11(3)13(16)9-14(15)17/h4-10H,1H2,2-3H3/b7-5-,12-6+,18-10+. The van der Waals surface area contributed by atoms with E-state index in [1.165, 1.54) is 0 Å². The summed E-state index contributed by atoms with van der Waals surface area (Å²) in [5.74, 6) is 0. The Morgan fingerprint density at radius 3 is 2.61 bits per heavy atom. The van der Waals surface area contributed by atoms with Crippen LogP contribution in [0.25, 0.3) is 0 Å². The number of halogens is 2. The van der Waals surface area contributed by atoms with Crippen molar-refractivity contribution in [2.45, 2.75) is 13.8 Å². The zero-order valence-electron chi connectivity index (χ0n) is 10.5. The first-order chi connectivity index (χ1) is 8.58. The van der Waals surface area contributed by atoms with Gasteiger partial charge in [0.15, 0.2) is 0 Å². The SMILES string of the molecule is C=C/C=C(\C=C/C)/C=N/c1cc(C)c(Cl)cc1Cl. The van der Waals surface area contributed by atoms with E-state index in [9.17, 15) is 0 Å². The van der Waals surface area contributed by atoms with Crippen LogP contribution in [0.3, 0.4) is 0 Å². The highest BCUT2D eigenvalue weighted by Gasteiger charge is 2.02. The molecule has 1 aromatic carbocycles. The maximum Gasteiger partial charge on any atom is 0.0819 e. The maximum atomic E-state index is 6.08. The monoisotopic (exact) mass is 279 g/mol. The highest BCUT2D eigenvalue weighted by Crippen LogP contribution is 2.30. The average molecular weight is 280 g/mol. The van der Waals surface area contributed by atoms with Gasteiger partial charge in [0, 0.05) is 11.2 Å². The van der Waals surface area contributed by atoms with E-state index in [4.69, 9.17) is 23.2 Å². The lowest BCUT2D eigenvalue weighted by atomic mass is 10.2. The summed E-state index contributed by atoms with van der Waals surface area (Å²) < 4.78 is 0. The predicted molar refractivity (Wildman–Crippen MR) is 82.4 cm³/mol. The van der Waals surface area contributed by atoms with Gasteiger partial charge in [-0.25, -0.2) is 0 Å². The summed E-state index contributed by atoms with van der Waals surface area (Å²) in [4.78, 5) is 4.36. The Labute approximate surface area is 118 Å². The summed E-state index contributed by atoms with van der Waals surface area (Å²) in [6.45, 7) is 7.53. The second-order valence-corrected chi connectivity index (χ2v) is 4.53. The molecular weight excluding hydrogens is 265 g/mol. The van der Waals surface area contributed by atoms with Crippen LogP contribution >= 0.6 is 23.2 Å². The minimum absolute atomic E-state index is 0.542. The highest BCUT2D eigenvalue weighted by atomic mass is 35.5. The van der Waals surface area contributed by atoms with Crippen molar-refractivity contribution in [3.05, 3.63) is 64.2 Å². The van der Waals surface area contributed by atoms with E-state index in [0.29, 0.717) is 15.7 Å². The van der Waals surface area contributed by atoms with Crippen molar-refractivity contribution in [2.24, 2.45) is 4.99 Å². The van der Waals surface area contributed by atoms with Crippen LogP contribution in [-0.4, -0.2) is 6.21 Å². The van der Waals surface area contributed by atoms with E-state index in [0.717, 1.165) is 11.1 Å². The Morgan fingerprint density at radius 1 is 1.28 bits per heavy atom. The highest BCUT2D eigenvalue weighted by molar-refractivity contribution is 6.36. The van der Waals surface area contributed by atoms with Crippen LogP contribution in [0.1, 0.15) is 12.5 Å². The van der Waals surface area contributed by atoms with Gasteiger partial charge < -0.3 is 0 Å². The molecule has 0 atom stereocenters. The molecule has 0 radical (unpaired) electrons. The molecule has 94 valence electrons. The lowest BCUT2D eigenvalue weighted by molar-refractivity contribution is 1.43. The van der Waals surface area contributed by atoms with E-state index in [2.05, 4.69) is 11.6 Å². The molecule has 0 aliphatic rings. The van der Waals surface area contributed by atoms with Gasteiger partial charge in [0.2, 0.25) is 0 Å². The molecule has 0 aromatic heterocycles. The summed E-state index contributed by atoms with van der Waals surface area (Å²) in [7, 11) is 0. The minimum Gasteiger partial charge on any atom is -0.255 e. The largest absolute Gasteiger partial charge is 0.255 e. The first kappa shape index (κ1) is 14.7. The molecule has 18 heavy (non-hydrogen) atoms. The van der Waals surface area contributed by atoms with Crippen molar-refractivity contribution < 1.29 is 0 Å². The van der Waals surface area contributed by atoms with Crippen LogP contribution in [0.5, 0.6) is 0 Å². The molecule has 1 nitrogen and oxygen atoms in total. The van der Waals surface area contributed by atoms with E-state index in [-0.39, 0.29) is 0 Å². The number of rotatable bonds is 4. The van der Waals surface area contributed by atoms with Crippen LogP contribution in [0.2, 0.25) is 10.0 Å². The number of allylic oxidation sites excluding steroid dienone is 5. The fraction of sp³-hybridized carbons (Fsp3) is 0.133. The topological polar surface area (TPSA) is 12.4 Å². The number of aryl methyl sites for hydroxylation is 1. The van der Waals surface area contributed by atoms with E-state index < -0.39 is 0 Å². The van der Waals surface area contributed by atoms with Gasteiger partial charge in [-0.1, -0.05) is 54.1 Å². The molecule has 0 aliphatic heterocycles. The van der Waals surface area contributed by atoms with Gasteiger partial charge in [0.1, 0.15) is 0 Å². The summed E-state index contributed by atoms with van der Waals surface area (Å²) in [5, 5.41) is 1.19. The molecule has 0 heterocycles. The third kappa shape index (κ3) is 4.17. The zero-order valence-corrected chi connectivity index (χ0v) is 12.0. The van der Waals surface area contributed by atoms with Crippen LogP contribution in [-0.2, 0) is 0 Å². The van der Waals surface area contributed by atoms with Gasteiger partial charge in [-0.2, -0.15) is 0 Å². The molecule has 0 bridgehead atoms. The van der Waals surface area contributed by atoms with Crippen molar-refractivity contribution in [1.82, 2.24) is 0 Å². The Hall–Kier alpha value is -1.31. The Morgan fingerprint density at radius 2 is 2.00 bits per heavy atom. The lowest BCUT2D eigenvalue weighted by Gasteiger charge is -2.02. The van der Waals surface area contributed by atoms with Gasteiger partial charge in [-0.05, 0) is 37.1 Å². The van der Waals surface area contributed by atoms with Crippen molar-refractivity contribution >= 4 is 35.1 Å². The molecule has 0 unspecified atom stereocenters. The molecular formula is C15H15Cl2N. The lowest BCUT2D eigenvalue weighted by Crippen LogP contribution is -1.81. The second-order valence-electron chi connectivity index (χ2n) is 3.71. The van der Waals surface area contributed by atoms with Gasteiger partial charge in [-0.3, -0.25) is 4.99 Å². The Bertz CT molecular complexity index is 526. The fourth-order valence-electron chi connectivity index (χ4n) is 1.36. The van der Waals surface area contributed by atoms with Crippen LogP contribution in [0.15, 0.2) is 53.6 Å². The first-order valence-electron chi connectivity index (χ1n) is 5.53. The molecule has 0 saturated heterocycles. The van der Waals surface area contributed by atoms with Crippen molar-refractivity contribution in [3.63, 3.8) is 0 Å². The van der Waals surface area contributed by atoms with E-state index in [1.54, 1.807) is 18.4 Å². The fourth-order valence-corrected chi connectivity index (χ4v) is 1.79. The van der Waals surface area contributed by atoms with Crippen LogP contribution in [0.4, 0.5) is 5.69 Å². The van der Waals surface area contributed by atoms with Crippen molar-refractivity contribution in [1.29, 1.82) is 0 Å². The number of hydrogen-bond acceptors (Lipinski definition) is 1. The van der Waals surface area contributed by atoms with E-state index in [1.807, 2.05) is 38.1 Å². The number of hydrogen-bond donors (Lipinski definition) is 0. The van der Waals surface area contributed by atoms with E-state index >= 15 is 0 Å². The molecule has 0 aliphatic carbocycles. The van der Waals surface area contributed by atoms with Crippen molar-refractivity contribution in [2.75, 3.05) is 0 Å². The molecule has 1 rings (SSSR count). The zero-order chi connectivity index (χ0) is 13.5.